The van der Waals surface area contributed by atoms with Gasteiger partial charge in [-0.3, -0.25) is 13.9 Å². The molecule has 2 aromatic carbocycles. The fourth-order valence-corrected chi connectivity index (χ4v) is 3.22. The first-order chi connectivity index (χ1) is 11.4. The number of hydrogen-bond donors (Lipinski definition) is 1. The molecule has 1 heterocycles. The number of carbonyl (C=O) groups is 1. The van der Waals surface area contributed by atoms with Crippen LogP contribution in [0.4, 0.5) is 5.69 Å². The van der Waals surface area contributed by atoms with Gasteiger partial charge in [-0.1, -0.05) is 29.8 Å². The van der Waals surface area contributed by atoms with Gasteiger partial charge in [0.2, 0.25) is 5.91 Å². The molecule has 0 radical (unpaired) electrons. The number of imidazole rings is 1. The highest BCUT2D eigenvalue weighted by atomic mass is 16.2. The molecular weight excluding hydrogens is 302 g/mol. The zero-order valence-electron chi connectivity index (χ0n) is 14.4. The molecule has 0 saturated heterocycles. The van der Waals surface area contributed by atoms with Crippen molar-refractivity contribution in [2.45, 2.75) is 27.3 Å². The number of aryl methyl sites for hydroxylation is 4. The van der Waals surface area contributed by atoms with Crippen molar-refractivity contribution in [3.63, 3.8) is 0 Å². The van der Waals surface area contributed by atoms with Crippen molar-refractivity contribution in [2.75, 3.05) is 5.32 Å². The Morgan fingerprint density at radius 3 is 2.25 bits per heavy atom. The zero-order valence-corrected chi connectivity index (χ0v) is 14.4. The maximum Gasteiger partial charge on any atom is 0.329 e. The third kappa shape index (κ3) is 2.73. The van der Waals surface area contributed by atoms with Crippen LogP contribution in [0.2, 0.25) is 0 Å². The SMILES string of the molecule is Cc1cc(C)c(NC(=O)Cn2c(=O)n(C)c3ccccc32)c(C)c1. The largest absolute Gasteiger partial charge is 0.329 e. The van der Waals surface area contributed by atoms with Crippen LogP contribution in [0, 0.1) is 20.8 Å². The van der Waals surface area contributed by atoms with Crippen LogP contribution >= 0.6 is 0 Å². The van der Waals surface area contributed by atoms with Gasteiger partial charge in [0.05, 0.1) is 11.0 Å². The molecule has 0 atom stereocenters. The number of para-hydroxylation sites is 2. The smallest absolute Gasteiger partial charge is 0.324 e. The molecular formula is C19H21N3O2. The van der Waals surface area contributed by atoms with Crippen LogP contribution in [-0.2, 0) is 18.4 Å². The van der Waals surface area contributed by atoms with Gasteiger partial charge in [-0.05, 0) is 44.0 Å². The van der Waals surface area contributed by atoms with Crippen LogP contribution in [0.1, 0.15) is 16.7 Å². The Morgan fingerprint density at radius 2 is 1.62 bits per heavy atom. The zero-order chi connectivity index (χ0) is 17.4. The van der Waals surface area contributed by atoms with Crippen molar-refractivity contribution in [1.29, 1.82) is 0 Å². The summed E-state index contributed by atoms with van der Waals surface area (Å²) in [6.45, 7) is 5.97. The number of rotatable bonds is 3. The number of benzene rings is 2. The van der Waals surface area contributed by atoms with E-state index in [1.54, 1.807) is 11.6 Å². The lowest BCUT2D eigenvalue weighted by Crippen LogP contribution is -2.28. The van der Waals surface area contributed by atoms with E-state index >= 15 is 0 Å². The van der Waals surface area contributed by atoms with Gasteiger partial charge in [-0.2, -0.15) is 0 Å². The van der Waals surface area contributed by atoms with Crippen LogP contribution < -0.4 is 11.0 Å². The third-order valence-corrected chi connectivity index (χ3v) is 4.29. The van der Waals surface area contributed by atoms with Crippen molar-refractivity contribution < 1.29 is 4.79 Å². The predicted octanol–water partition coefficient (Wildman–Crippen LogP) is 2.90. The Bertz CT molecular complexity index is 972. The number of hydrogen-bond acceptors (Lipinski definition) is 2. The van der Waals surface area contributed by atoms with Crippen molar-refractivity contribution in [3.8, 4) is 0 Å². The number of nitrogens with zero attached hydrogens (tertiary/aromatic N) is 2. The third-order valence-electron chi connectivity index (χ3n) is 4.29. The first kappa shape index (κ1) is 16.1. The number of nitrogens with one attached hydrogen (secondary N) is 1. The van der Waals surface area contributed by atoms with Crippen LogP contribution in [0.3, 0.4) is 0 Å². The van der Waals surface area contributed by atoms with Gasteiger partial charge >= 0.3 is 5.69 Å². The predicted molar refractivity (Wildman–Crippen MR) is 96.5 cm³/mol. The molecule has 3 aromatic rings. The Hall–Kier alpha value is -2.82. The van der Waals surface area contributed by atoms with E-state index in [0.717, 1.165) is 33.4 Å². The first-order valence-corrected chi connectivity index (χ1v) is 7.90. The number of aromatic nitrogens is 2. The molecule has 24 heavy (non-hydrogen) atoms. The lowest BCUT2D eigenvalue weighted by atomic mass is 10.1. The van der Waals surface area contributed by atoms with E-state index < -0.39 is 0 Å². The number of carbonyl (C=O) groups excluding carboxylic acids is 1. The minimum Gasteiger partial charge on any atom is -0.324 e. The lowest BCUT2D eigenvalue weighted by molar-refractivity contribution is -0.116. The highest BCUT2D eigenvalue weighted by Gasteiger charge is 2.14. The summed E-state index contributed by atoms with van der Waals surface area (Å²) in [5, 5.41) is 2.95. The second-order valence-corrected chi connectivity index (χ2v) is 6.24. The average molecular weight is 323 g/mol. The van der Waals surface area contributed by atoms with Crippen molar-refractivity contribution in [2.24, 2.45) is 7.05 Å². The van der Waals surface area contributed by atoms with Crippen LogP contribution in [0.25, 0.3) is 11.0 Å². The van der Waals surface area contributed by atoms with Gasteiger partial charge in [-0.25, -0.2) is 4.79 Å². The van der Waals surface area contributed by atoms with Crippen LogP contribution in [0.15, 0.2) is 41.2 Å². The molecule has 3 rings (SSSR count). The van der Waals surface area contributed by atoms with Crippen LogP contribution in [0.5, 0.6) is 0 Å². The molecule has 0 aliphatic carbocycles. The summed E-state index contributed by atoms with van der Waals surface area (Å²) in [4.78, 5) is 24.9. The lowest BCUT2D eigenvalue weighted by Gasteiger charge is -2.13. The maximum absolute atomic E-state index is 12.5. The molecule has 1 amide bonds. The van der Waals surface area contributed by atoms with Crippen molar-refractivity contribution in [1.82, 2.24) is 9.13 Å². The molecule has 124 valence electrons. The molecule has 0 aliphatic heterocycles. The fraction of sp³-hybridized carbons (Fsp3) is 0.263. The standard InChI is InChI=1S/C19H21N3O2/c1-12-9-13(2)18(14(3)10-12)20-17(23)11-22-16-8-6-5-7-15(16)21(4)19(22)24/h5-10H,11H2,1-4H3,(H,20,23). The van der Waals surface area contributed by atoms with Crippen molar-refractivity contribution >= 4 is 22.6 Å². The molecule has 1 N–H and O–H groups in total. The number of anilines is 1. The molecule has 1 aromatic heterocycles. The number of fused-ring (bicyclic) bond motifs is 1. The van der Waals surface area contributed by atoms with Gasteiger partial charge < -0.3 is 5.32 Å². The van der Waals surface area contributed by atoms with E-state index in [4.69, 9.17) is 0 Å². The van der Waals surface area contributed by atoms with Gasteiger partial charge in [0.15, 0.2) is 0 Å². The summed E-state index contributed by atoms with van der Waals surface area (Å²) in [7, 11) is 1.72. The summed E-state index contributed by atoms with van der Waals surface area (Å²) < 4.78 is 3.06. The Labute approximate surface area is 140 Å². The molecule has 5 nitrogen and oxygen atoms in total. The average Bonchev–Trinajstić information content (AvgIpc) is 2.76. The molecule has 0 aliphatic rings. The molecule has 0 fully saturated rings. The van der Waals surface area contributed by atoms with Gasteiger partial charge in [0, 0.05) is 12.7 Å². The van der Waals surface area contributed by atoms with E-state index in [2.05, 4.69) is 5.32 Å². The minimum atomic E-state index is -0.205. The molecule has 0 bridgehead atoms. The summed E-state index contributed by atoms with van der Waals surface area (Å²) >= 11 is 0. The molecule has 0 spiro atoms. The second kappa shape index (κ2) is 6.00. The highest BCUT2D eigenvalue weighted by Crippen LogP contribution is 2.22. The van der Waals surface area contributed by atoms with E-state index in [-0.39, 0.29) is 18.1 Å². The summed E-state index contributed by atoms with van der Waals surface area (Å²) in [6.07, 6.45) is 0. The normalized spacial score (nSPS) is 11.0. The van der Waals surface area contributed by atoms with E-state index in [9.17, 15) is 9.59 Å². The summed E-state index contributed by atoms with van der Waals surface area (Å²) in [6, 6.07) is 11.5. The second-order valence-electron chi connectivity index (χ2n) is 6.24. The molecule has 0 saturated carbocycles. The van der Waals surface area contributed by atoms with E-state index in [1.165, 1.54) is 4.57 Å². The molecule has 0 unspecified atom stereocenters. The Kier molecular flexibility index (Phi) is 4.01. The first-order valence-electron chi connectivity index (χ1n) is 7.90. The topological polar surface area (TPSA) is 56.0 Å². The Balaban J connectivity index is 1.92. The Morgan fingerprint density at radius 1 is 1.04 bits per heavy atom. The van der Waals surface area contributed by atoms with E-state index in [0.29, 0.717) is 0 Å². The van der Waals surface area contributed by atoms with Gasteiger partial charge in [-0.15, -0.1) is 0 Å². The number of amides is 1. The van der Waals surface area contributed by atoms with Gasteiger partial charge in [0.1, 0.15) is 6.54 Å². The van der Waals surface area contributed by atoms with Crippen LogP contribution in [-0.4, -0.2) is 15.0 Å². The maximum atomic E-state index is 12.5. The summed E-state index contributed by atoms with van der Waals surface area (Å²) in [5.74, 6) is -0.205. The molecule has 5 heteroatoms. The van der Waals surface area contributed by atoms with E-state index in [1.807, 2.05) is 57.2 Å². The highest BCUT2D eigenvalue weighted by molar-refractivity contribution is 5.93. The monoisotopic (exact) mass is 323 g/mol. The van der Waals surface area contributed by atoms with Crippen molar-refractivity contribution in [3.05, 3.63) is 63.6 Å². The summed E-state index contributed by atoms with van der Waals surface area (Å²) in [5.41, 5.74) is 5.41. The fourth-order valence-electron chi connectivity index (χ4n) is 3.22. The minimum absolute atomic E-state index is 0.00700. The van der Waals surface area contributed by atoms with Gasteiger partial charge in [0.25, 0.3) is 0 Å². The quantitative estimate of drug-likeness (QED) is 0.806.